The molecule has 1 saturated heterocycles. The molecule has 1 amide bonds. The van der Waals surface area contributed by atoms with Crippen LogP contribution in [0.4, 0.5) is 0 Å². The summed E-state index contributed by atoms with van der Waals surface area (Å²) >= 11 is 6.80. The average Bonchev–Trinajstić information content (AvgIpc) is 2.93. The number of carbonyl (C=O) groups excluding carboxylic acids is 1. The number of fused-ring (bicyclic) bond motifs is 1. The van der Waals surface area contributed by atoms with Crippen molar-refractivity contribution in [1.29, 1.82) is 0 Å². The number of thioether (sulfide) groups is 1. The van der Waals surface area contributed by atoms with E-state index in [2.05, 4.69) is 9.97 Å². The van der Waals surface area contributed by atoms with Gasteiger partial charge in [-0.1, -0.05) is 24.0 Å². The molecule has 1 aliphatic rings. The van der Waals surface area contributed by atoms with Crippen molar-refractivity contribution in [2.45, 2.75) is 31.6 Å². The van der Waals surface area contributed by atoms with Gasteiger partial charge in [0.15, 0.2) is 0 Å². The van der Waals surface area contributed by atoms with Crippen LogP contribution in [0.25, 0.3) is 11.0 Å². The average molecular weight is 305 g/mol. The molecule has 3 heterocycles. The van der Waals surface area contributed by atoms with Crippen molar-refractivity contribution >= 4 is 45.2 Å². The summed E-state index contributed by atoms with van der Waals surface area (Å²) in [5, 5.41) is 0.957. The standard InChI is InChI=1S/C14H15N3OS2/c1-8(2)17-13(18)11(20-14(17)19)6-9-7-16-12-10(9)4-3-5-15-12/h3-5,7-8,11H,6H2,1-2H3,(H,15,16). The molecule has 3 rings (SSSR count). The maximum Gasteiger partial charge on any atom is 0.242 e. The molecule has 1 N–H and O–H groups in total. The van der Waals surface area contributed by atoms with Gasteiger partial charge in [-0.15, -0.1) is 0 Å². The van der Waals surface area contributed by atoms with E-state index in [1.165, 1.54) is 11.8 Å². The van der Waals surface area contributed by atoms with Gasteiger partial charge in [-0.25, -0.2) is 4.98 Å². The zero-order chi connectivity index (χ0) is 14.3. The summed E-state index contributed by atoms with van der Waals surface area (Å²) in [7, 11) is 0. The molecule has 0 saturated carbocycles. The number of aromatic nitrogens is 2. The number of pyridine rings is 1. The van der Waals surface area contributed by atoms with Crippen molar-refractivity contribution in [2.24, 2.45) is 0 Å². The molecule has 4 nitrogen and oxygen atoms in total. The first kappa shape index (κ1) is 13.6. The van der Waals surface area contributed by atoms with E-state index in [-0.39, 0.29) is 17.2 Å². The Labute approximate surface area is 126 Å². The maximum atomic E-state index is 12.4. The first-order valence-corrected chi connectivity index (χ1v) is 7.81. The lowest BCUT2D eigenvalue weighted by Crippen LogP contribution is -2.37. The summed E-state index contributed by atoms with van der Waals surface area (Å²) < 4.78 is 0.688. The fraction of sp³-hybridized carbons (Fsp3) is 0.357. The summed E-state index contributed by atoms with van der Waals surface area (Å²) in [6.07, 6.45) is 4.37. The van der Waals surface area contributed by atoms with Crippen LogP contribution in [0.3, 0.4) is 0 Å². The van der Waals surface area contributed by atoms with Gasteiger partial charge in [0.1, 0.15) is 9.97 Å². The predicted molar refractivity (Wildman–Crippen MR) is 85.8 cm³/mol. The van der Waals surface area contributed by atoms with E-state index >= 15 is 0 Å². The minimum atomic E-state index is -0.121. The summed E-state index contributed by atoms with van der Waals surface area (Å²) in [5.74, 6) is 0.119. The Kier molecular flexibility index (Phi) is 3.52. The summed E-state index contributed by atoms with van der Waals surface area (Å²) in [4.78, 5) is 21.5. The predicted octanol–water partition coefficient (Wildman–Crippen LogP) is 2.74. The molecule has 1 unspecified atom stereocenters. The smallest absolute Gasteiger partial charge is 0.242 e. The fourth-order valence-corrected chi connectivity index (χ4v) is 4.23. The van der Waals surface area contributed by atoms with Gasteiger partial charge >= 0.3 is 0 Å². The first-order valence-electron chi connectivity index (χ1n) is 6.52. The van der Waals surface area contributed by atoms with Gasteiger partial charge in [-0.2, -0.15) is 0 Å². The van der Waals surface area contributed by atoms with Crippen LogP contribution >= 0.6 is 24.0 Å². The van der Waals surface area contributed by atoms with Gasteiger partial charge in [-0.3, -0.25) is 9.69 Å². The van der Waals surface area contributed by atoms with Crippen LogP contribution in [-0.2, 0) is 11.2 Å². The second-order valence-electron chi connectivity index (χ2n) is 5.09. The van der Waals surface area contributed by atoms with Gasteiger partial charge in [0.25, 0.3) is 0 Å². The Hall–Kier alpha value is -1.40. The van der Waals surface area contributed by atoms with Gasteiger partial charge < -0.3 is 4.98 Å². The summed E-state index contributed by atoms with van der Waals surface area (Å²) in [6.45, 7) is 3.98. The molecule has 1 fully saturated rings. The maximum absolute atomic E-state index is 12.4. The number of nitrogens with zero attached hydrogens (tertiary/aromatic N) is 2. The highest BCUT2D eigenvalue weighted by Crippen LogP contribution is 2.32. The molecule has 1 aliphatic heterocycles. The van der Waals surface area contributed by atoms with E-state index in [0.29, 0.717) is 10.7 Å². The molecule has 6 heteroatoms. The summed E-state index contributed by atoms with van der Waals surface area (Å²) in [6, 6.07) is 4.06. The van der Waals surface area contributed by atoms with Gasteiger partial charge in [-0.05, 0) is 38.0 Å². The second kappa shape index (κ2) is 5.18. The molecule has 2 aromatic rings. The van der Waals surface area contributed by atoms with Crippen LogP contribution in [0.5, 0.6) is 0 Å². The zero-order valence-electron chi connectivity index (χ0n) is 11.3. The van der Waals surface area contributed by atoms with Crippen molar-refractivity contribution in [3.05, 3.63) is 30.1 Å². The van der Waals surface area contributed by atoms with E-state index < -0.39 is 0 Å². The lowest BCUT2D eigenvalue weighted by Gasteiger charge is -2.19. The number of nitrogens with one attached hydrogen (secondary N) is 1. The van der Waals surface area contributed by atoms with E-state index in [9.17, 15) is 4.79 Å². The van der Waals surface area contributed by atoms with E-state index in [4.69, 9.17) is 12.2 Å². The van der Waals surface area contributed by atoms with E-state index in [0.717, 1.165) is 16.6 Å². The zero-order valence-corrected chi connectivity index (χ0v) is 12.9. The Morgan fingerprint density at radius 2 is 2.35 bits per heavy atom. The van der Waals surface area contributed by atoms with Gasteiger partial charge in [0.2, 0.25) is 5.91 Å². The molecule has 0 spiro atoms. The highest BCUT2D eigenvalue weighted by molar-refractivity contribution is 8.24. The second-order valence-corrected chi connectivity index (χ2v) is 6.93. The largest absolute Gasteiger partial charge is 0.346 e. The van der Waals surface area contributed by atoms with Crippen LogP contribution in [0.1, 0.15) is 19.4 Å². The Balaban J connectivity index is 1.85. The SMILES string of the molecule is CC(C)N1C(=O)C(Cc2c[nH]c3ncccc23)SC1=S. The monoisotopic (exact) mass is 305 g/mol. The quantitative estimate of drug-likeness (QED) is 0.886. The van der Waals surface area contributed by atoms with Crippen LogP contribution < -0.4 is 0 Å². The number of H-pyrrole nitrogens is 1. The van der Waals surface area contributed by atoms with E-state index in [1.54, 1.807) is 11.1 Å². The lowest BCUT2D eigenvalue weighted by atomic mass is 10.1. The number of carbonyl (C=O) groups is 1. The van der Waals surface area contributed by atoms with Crippen LogP contribution in [-0.4, -0.2) is 36.4 Å². The number of hydrogen-bond donors (Lipinski definition) is 1. The molecule has 104 valence electrons. The van der Waals surface area contributed by atoms with Crippen molar-refractivity contribution in [3.63, 3.8) is 0 Å². The van der Waals surface area contributed by atoms with Crippen molar-refractivity contribution in [1.82, 2.24) is 14.9 Å². The van der Waals surface area contributed by atoms with Crippen molar-refractivity contribution in [3.8, 4) is 0 Å². The molecule has 0 bridgehead atoms. The van der Waals surface area contributed by atoms with Crippen LogP contribution in [0, 0.1) is 0 Å². The van der Waals surface area contributed by atoms with Crippen molar-refractivity contribution < 1.29 is 4.79 Å². The van der Waals surface area contributed by atoms with E-state index in [1.807, 2.05) is 32.2 Å². The highest BCUT2D eigenvalue weighted by Gasteiger charge is 2.38. The van der Waals surface area contributed by atoms with Crippen LogP contribution in [0.15, 0.2) is 24.5 Å². The van der Waals surface area contributed by atoms with Gasteiger partial charge in [0.05, 0.1) is 5.25 Å². The minimum absolute atomic E-state index is 0.119. The number of rotatable bonds is 3. The third-order valence-electron chi connectivity index (χ3n) is 3.41. The number of thiocarbonyl (C=S) groups is 1. The molecule has 1 atom stereocenters. The fourth-order valence-electron chi connectivity index (χ4n) is 2.45. The molecule has 0 aliphatic carbocycles. The van der Waals surface area contributed by atoms with Crippen LogP contribution in [0.2, 0.25) is 0 Å². The Bertz CT molecular complexity index is 680. The Morgan fingerprint density at radius 3 is 3.05 bits per heavy atom. The first-order chi connectivity index (χ1) is 9.58. The molecule has 0 radical (unpaired) electrons. The third-order valence-corrected chi connectivity index (χ3v) is 4.95. The Morgan fingerprint density at radius 1 is 1.55 bits per heavy atom. The number of aromatic amines is 1. The molecular weight excluding hydrogens is 290 g/mol. The minimum Gasteiger partial charge on any atom is -0.346 e. The van der Waals surface area contributed by atoms with Gasteiger partial charge in [0, 0.05) is 23.8 Å². The highest BCUT2D eigenvalue weighted by atomic mass is 32.2. The van der Waals surface area contributed by atoms with Crippen molar-refractivity contribution in [2.75, 3.05) is 0 Å². The molecule has 0 aromatic carbocycles. The molecular formula is C14H15N3OS2. The molecule has 2 aromatic heterocycles. The molecule has 20 heavy (non-hydrogen) atoms. The topological polar surface area (TPSA) is 49.0 Å². The normalized spacial score (nSPS) is 19.6. The number of hydrogen-bond acceptors (Lipinski definition) is 4. The number of amides is 1. The summed E-state index contributed by atoms with van der Waals surface area (Å²) in [5.41, 5.74) is 1.98. The third kappa shape index (κ3) is 2.23. The lowest BCUT2D eigenvalue weighted by molar-refractivity contribution is -0.127.